The number of carbonyl (C=O) groups is 1. The highest BCUT2D eigenvalue weighted by atomic mass is 32.1. The number of aromatic nitrogens is 1. The summed E-state index contributed by atoms with van der Waals surface area (Å²) in [5.41, 5.74) is 3.42. The lowest BCUT2D eigenvalue weighted by atomic mass is 9.95. The van der Waals surface area contributed by atoms with Gasteiger partial charge in [0.25, 0.3) is 5.56 Å². The first-order chi connectivity index (χ1) is 16.3. The van der Waals surface area contributed by atoms with Crippen molar-refractivity contribution in [3.05, 3.63) is 90.6 Å². The fourth-order valence-electron chi connectivity index (χ4n) is 3.94. The van der Waals surface area contributed by atoms with E-state index in [0.717, 1.165) is 16.8 Å². The lowest BCUT2D eigenvalue weighted by molar-refractivity contribution is -0.139. The number of anilines is 1. The van der Waals surface area contributed by atoms with Crippen LogP contribution in [0.5, 0.6) is 5.75 Å². The molecule has 0 N–H and O–H groups in total. The fraction of sp³-hybridized carbons (Fsp3) is 0.269. The Morgan fingerprint density at radius 2 is 1.94 bits per heavy atom. The molecule has 4 rings (SSSR count). The van der Waals surface area contributed by atoms with Crippen LogP contribution in [0.2, 0.25) is 0 Å². The normalized spacial score (nSPS) is 15.6. The zero-order valence-electron chi connectivity index (χ0n) is 19.9. The van der Waals surface area contributed by atoms with Crippen molar-refractivity contribution >= 4 is 29.1 Å². The van der Waals surface area contributed by atoms with Gasteiger partial charge in [0.1, 0.15) is 5.75 Å². The highest BCUT2D eigenvalue weighted by molar-refractivity contribution is 7.07. The molecule has 1 aromatic heterocycles. The number of nitrogens with zero attached hydrogens (tertiary/aromatic N) is 3. The minimum absolute atomic E-state index is 0.206. The van der Waals surface area contributed by atoms with Crippen molar-refractivity contribution in [3.63, 3.8) is 0 Å². The maximum atomic E-state index is 13.6. The molecule has 0 aliphatic carbocycles. The van der Waals surface area contributed by atoms with Gasteiger partial charge in [-0.3, -0.25) is 9.36 Å². The van der Waals surface area contributed by atoms with Crippen LogP contribution >= 0.6 is 11.3 Å². The third kappa shape index (κ3) is 4.41. The quantitative estimate of drug-likeness (QED) is 0.511. The van der Waals surface area contributed by atoms with Crippen LogP contribution in [0.4, 0.5) is 5.69 Å². The van der Waals surface area contributed by atoms with Crippen LogP contribution in [-0.2, 0) is 9.53 Å². The van der Waals surface area contributed by atoms with Crippen molar-refractivity contribution in [2.45, 2.75) is 19.9 Å². The Labute approximate surface area is 201 Å². The SMILES string of the molecule is CCOC(=O)C1=C(C)N=c2s/c(=C\c3ccc(N(C)C)cc3)c(=O)n2[C@@H]1c1cccc(OC)c1. The number of thiazole rings is 1. The summed E-state index contributed by atoms with van der Waals surface area (Å²) in [5, 5.41) is 0. The number of fused-ring (bicyclic) bond motifs is 1. The number of ether oxygens (including phenoxy) is 2. The molecule has 8 heteroatoms. The predicted molar refractivity (Wildman–Crippen MR) is 134 cm³/mol. The minimum Gasteiger partial charge on any atom is -0.497 e. The Morgan fingerprint density at radius 1 is 1.21 bits per heavy atom. The summed E-state index contributed by atoms with van der Waals surface area (Å²) in [7, 11) is 5.55. The average Bonchev–Trinajstić information content (AvgIpc) is 3.13. The smallest absolute Gasteiger partial charge is 0.338 e. The molecular weight excluding hydrogens is 450 g/mol. The largest absolute Gasteiger partial charge is 0.497 e. The standard InChI is InChI=1S/C26H27N3O4S/c1-6-33-25(31)22-16(2)27-26-29(23(22)18-8-7-9-20(15-18)32-5)24(30)21(34-26)14-17-10-12-19(13-11-17)28(3)4/h7-15,23H,6H2,1-5H3/b21-14-/t23-/m1/s1. The van der Waals surface area contributed by atoms with E-state index in [1.807, 2.05) is 73.6 Å². The van der Waals surface area contributed by atoms with Gasteiger partial charge in [-0.2, -0.15) is 0 Å². The van der Waals surface area contributed by atoms with Crippen molar-refractivity contribution in [2.24, 2.45) is 4.99 Å². The topological polar surface area (TPSA) is 73.1 Å². The number of methoxy groups -OCH3 is 1. The summed E-state index contributed by atoms with van der Waals surface area (Å²) in [6.07, 6.45) is 1.86. The Balaban J connectivity index is 1.91. The molecule has 0 fully saturated rings. The zero-order valence-corrected chi connectivity index (χ0v) is 20.7. The Hall–Kier alpha value is -3.65. The second-order valence-electron chi connectivity index (χ2n) is 8.06. The molecule has 1 atom stereocenters. The molecule has 2 heterocycles. The first-order valence-electron chi connectivity index (χ1n) is 10.9. The van der Waals surface area contributed by atoms with E-state index in [2.05, 4.69) is 4.99 Å². The van der Waals surface area contributed by atoms with Crippen molar-refractivity contribution in [1.29, 1.82) is 0 Å². The molecule has 1 aliphatic rings. The Kier molecular flexibility index (Phi) is 6.70. The summed E-state index contributed by atoms with van der Waals surface area (Å²) < 4.78 is 12.9. The van der Waals surface area contributed by atoms with E-state index < -0.39 is 12.0 Å². The molecule has 0 unspecified atom stereocenters. The Bertz CT molecular complexity index is 1430. The second kappa shape index (κ2) is 9.69. The molecule has 0 saturated heterocycles. The molecule has 176 valence electrons. The maximum absolute atomic E-state index is 13.6. The lowest BCUT2D eigenvalue weighted by Crippen LogP contribution is -2.39. The molecule has 7 nitrogen and oxygen atoms in total. The van der Waals surface area contributed by atoms with Crippen molar-refractivity contribution in [3.8, 4) is 5.75 Å². The first kappa shape index (κ1) is 23.5. The maximum Gasteiger partial charge on any atom is 0.338 e. The molecular formula is C26H27N3O4S. The van der Waals surface area contributed by atoms with E-state index in [1.54, 1.807) is 25.5 Å². The number of hydrogen-bond donors (Lipinski definition) is 0. The third-order valence-corrected chi connectivity index (χ3v) is 6.62. The van der Waals surface area contributed by atoms with E-state index in [9.17, 15) is 9.59 Å². The van der Waals surface area contributed by atoms with Gasteiger partial charge < -0.3 is 14.4 Å². The van der Waals surface area contributed by atoms with Crippen molar-refractivity contribution in [2.75, 3.05) is 32.7 Å². The van der Waals surface area contributed by atoms with Gasteiger partial charge in [0.15, 0.2) is 4.80 Å². The molecule has 0 spiro atoms. The van der Waals surface area contributed by atoms with E-state index >= 15 is 0 Å². The van der Waals surface area contributed by atoms with E-state index in [-0.39, 0.29) is 12.2 Å². The number of carbonyl (C=O) groups excluding carboxylic acids is 1. The molecule has 3 aromatic rings. The number of benzene rings is 2. The molecule has 0 bridgehead atoms. The Morgan fingerprint density at radius 3 is 2.59 bits per heavy atom. The highest BCUT2D eigenvalue weighted by Gasteiger charge is 2.33. The van der Waals surface area contributed by atoms with Gasteiger partial charge in [0, 0.05) is 19.8 Å². The van der Waals surface area contributed by atoms with Gasteiger partial charge in [-0.15, -0.1) is 0 Å². The predicted octanol–water partition coefficient (Wildman–Crippen LogP) is 2.87. The lowest BCUT2D eigenvalue weighted by Gasteiger charge is -2.25. The minimum atomic E-state index is -0.663. The molecule has 1 aliphatic heterocycles. The number of rotatable bonds is 6. The number of esters is 1. The summed E-state index contributed by atoms with van der Waals surface area (Å²) >= 11 is 1.31. The van der Waals surface area contributed by atoms with Gasteiger partial charge in [-0.05, 0) is 55.3 Å². The van der Waals surface area contributed by atoms with Crippen LogP contribution in [0.1, 0.15) is 31.0 Å². The van der Waals surface area contributed by atoms with Crippen molar-refractivity contribution < 1.29 is 14.3 Å². The van der Waals surface area contributed by atoms with Gasteiger partial charge in [-0.25, -0.2) is 9.79 Å². The summed E-state index contributed by atoms with van der Waals surface area (Å²) in [5.74, 6) is 0.156. The van der Waals surface area contributed by atoms with Gasteiger partial charge in [0.05, 0.1) is 35.6 Å². The van der Waals surface area contributed by atoms with E-state index in [4.69, 9.17) is 9.47 Å². The second-order valence-corrected chi connectivity index (χ2v) is 9.07. The number of allylic oxidation sites excluding steroid dienone is 1. The number of hydrogen-bond acceptors (Lipinski definition) is 7. The summed E-state index contributed by atoms with van der Waals surface area (Å²) in [6.45, 7) is 3.76. The van der Waals surface area contributed by atoms with Crippen LogP contribution in [0.25, 0.3) is 6.08 Å². The molecule has 2 aromatic carbocycles. The van der Waals surface area contributed by atoms with E-state index in [0.29, 0.717) is 26.4 Å². The van der Waals surface area contributed by atoms with Crippen LogP contribution in [0.3, 0.4) is 0 Å². The molecule has 0 radical (unpaired) electrons. The zero-order chi connectivity index (χ0) is 24.4. The molecule has 34 heavy (non-hydrogen) atoms. The third-order valence-electron chi connectivity index (χ3n) is 5.63. The van der Waals surface area contributed by atoms with Crippen LogP contribution in [-0.4, -0.2) is 38.3 Å². The summed E-state index contributed by atoms with van der Waals surface area (Å²) in [4.78, 5) is 33.8. The molecule has 0 saturated carbocycles. The molecule has 0 amide bonds. The monoisotopic (exact) mass is 477 g/mol. The van der Waals surface area contributed by atoms with Gasteiger partial charge in [-0.1, -0.05) is 35.6 Å². The fourth-order valence-corrected chi connectivity index (χ4v) is 4.99. The van der Waals surface area contributed by atoms with Crippen LogP contribution < -0.4 is 24.5 Å². The van der Waals surface area contributed by atoms with Crippen LogP contribution in [0, 0.1) is 0 Å². The van der Waals surface area contributed by atoms with Gasteiger partial charge in [0.2, 0.25) is 0 Å². The average molecular weight is 478 g/mol. The highest BCUT2D eigenvalue weighted by Crippen LogP contribution is 2.32. The van der Waals surface area contributed by atoms with Crippen molar-refractivity contribution in [1.82, 2.24) is 4.57 Å². The van der Waals surface area contributed by atoms with Gasteiger partial charge >= 0.3 is 5.97 Å². The van der Waals surface area contributed by atoms with E-state index in [1.165, 1.54) is 11.3 Å². The first-order valence-corrected chi connectivity index (χ1v) is 11.8. The summed E-state index contributed by atoms with van der Waals surface area (Å²) in [6, 6.07) is 14.7. The van der Waals surface area contributed by atoms with Crippen LogP contribution in [0.15, 0.2) is 69.6 Å².